The fourth-order valence-corrected chi connectivity index (χ4v) is 1.97. The van der Waals surface area contributed by atoms with Gasteiger partial charge in [-0.15, -0.1) is 0 Å². The van der Waals surface area contributed by atoms with E-state index < -0.39 is 5.41 Å². The summed E-state index contributed by atoms with van der Waals surface area (Å²) in [6.07, 6.45) is 2.03. The van der Waals surface area contributed by atoms with Crippen molar-refractivity contribution < 1.29 is 0 Å². The Morgan fingerprint density at radius 2 is 1.76 bits per heavy atom. The predicted molar refractivity (Wildman–Crippen MR) is 68.2 cm³/mol. The lowest BCUT2D eigenvalue weighted by Crippen LogP contribution is -2.19. The van der Waals surface area contributed by atoms with E-state index in [1.807, 2.05) is 19.1 Å². The molecule has 0 heterocycles. The maximum atomic E-state index is 9.18. The van der Waals surface area contributed by atoms with E-state index in [1.54, 1.807) is 0 Å². The van der Waals surface area contributed by atoms with Gasteiger partial charge in [-0.1, -0.05) is 37.6 Å². The van der Waals surface area contributed by atoms with Crippen LogP contribution >= 0.6 is 0 Å². The van der Waals surface area contributed by atoms with E-state index in [4.69, 9.17) is 0 Å². The average Bonchev–Trinajstić information content (AvgIpc) is 2.37. The summed E-state index contributed by atoms with van der Waals surface area (Å²) in [7, 11) is 0. The van der Waals surface area contributed by atoms with E-state index in [9.17, 15) is 10.5 Å². The van der Waals surface area contributed by atoms with Crippen molar-refractivity contribution in [1.82, 2.24) is 0 Å². The Labute approximate surface area is 104 Å². The van der Waals surface area contributed by atoms with Crippen LogP contribution in [0.4, 0.5) is 0 Å². The fourth-order valence-electron chi connectivity index (χ4n) is 1.97. The Morgan fingerprint density at radius 1 is 1.12 bits per heavy atom. The third-order valence-electron chi connectivity index (χ3n) is 3.27. The van der Waals surface area contributed by atoms with Crippen molar-refractivity contribution in [3.63, 3.8) is 0 Å². The van der Waals surface area contributed by atoms with Gasteiger partial charge in [0.2, 0.25) is 0 Å². The van der Waals surface area contributed by atoms with Crippen LogP contribution in [0.15, 0.2) is 18.2 Å². The molecule has 1 aromatic carbocycles. The van der Waals surface area contributed by atoms with Gasteiger partial charge in [0.25, 0.3) is 0 Å². The predicted octanol–water partition coefficient (Wildman–Crippen LogP) is 3.54. The highest BCUT2D eigenvalue weighted by molar-refractivity contribution is 5.34. The maximum absolute atomic E-state index is 9.18. The van der Waals surface area contributed by atoms with Crippen molar-refractivity contribution >= 4 is 0 Å². The summed E-state index contributed by atoms with van der Waals surface area (Å²) in [5, 5.41) is 18.4. The fraction of sp³-hybridized carbons (Fsp3) is 0.467. The van der Waals surface area contributed by atoms with Gasteiger partial charge in [0, 0.05) is 6.42 Å². The van der Waals surface area contributed by atoms with Crippen LogP contribution in [0.1, 0.15) is 37.0 Å². The number of hydrogen-bond acceptors (Lipinski definition) is 2. The summed E-state index contributed by atoms with van der Waals surface area (Å²) in [5.74, 6) is 0. The molecule has 0 radical (unpaired) electrons. The van der Waals surface area contributed by atoms with Crippen molar-refractivity contribution in [3.8, 4) is 12.1 Å². The summed E-state index contributed by atoms with van der Waals surface area (Å²) in [5.41, 5.74) is 2.72. The highest BCUT2D eigenvalue weighted by Crippen LogP contribution is 2.27. The average molecular weight is 226 g/mol. The van der Waals surface area contributed by atoms with Gasteiger partial charge in [-0.25, -0.2) is 0 Å². The summed E-state index contributed by atoms with van der Waals surface area (Å²) in [4.78, 5) is 0. The molecule has 1 aromatic rings. The molecular formula is C15H18N2. The largest absolute Gasteiger partial charge is 0.197 e. The molecule has 2 nitrogen and oxygen atoms in total. The number of aryl methyl sites for hydroxylation is 2. The molecule has 1 rings (SSSR count). The number of hydrogen-bond donors (Lipinski definition) is 0. The molecule has 88 valence electrons. The lowest BCUT2D eigenvalue weighted by atomic mass is 9.80. The molecule has 0 atom stereocenters. The van der Waals surface area contributed by atoms with Gasteiger partial charge in [-0.2, -0.15) is 10.5 Å². The van der Waals surface area contributed by atoms with E-state index in [0.717, 1.165) is 12.0 Å². The van der Waals surface area contributed by atoms with E-state index in [2.05, 4.69) is 32.1 Å². The van der Waals surface area contributed by atoms with Crippen molar-refractivity contribution in [2.75, 3.05) is 0 Å². The zero-order chi connectivity index (χ0) is 12.9. The minimum Gasteiger partial charge on any atom is -0.197 e. The molecule has 0 aliphatic rings. The van der Waals surface area contributed by atoms with Crippen LogP contribution in [-0.2, 0) is 12.8 Å². The van der Waals surface area contributed by atoms with Crippen molar-refractivity contribution in [2.45, 2.75) is 40.0 Å². The van der Waals surface area contributed by atoms with Crippen LogP contribution < -0.4 is 0 Å². The van der Waals surface area contributed by atoms with Crippen LogP contribution in [0.3, 0.4) is 0 Å². The molecular weight excluding hydrogens is 208 g/mol. The Bertz CT molecular complexity index is 461. The molecule has 0 aliphatic carbocycles. The molecule has 0 saturated carbocycles. The lowest BCUT2D eigenvalue weighted by Gasteiger charge is -2.18. The summed E-state index contributed by atoms with van der Waals surface area (Å²) >= 11 is 0. The zero-order valence-corrected chi connectivity index (χ0v) is 10.7. The van der Waals surface area contributed by atoms with Gasteiger partial charge in [-0.3, -0.25) is 0 Å². The van der Waals surface area contributed by atoms with E-state index in [0.29, 0.717) is 12.8 Å². The number of rotatable bonds is 4. The first-order chi connectivity index (χ1) is 8.10. The third-order valence-corrected chi connectivity index (χ3v) is 3.27. The topological polar surface area (TPSA) is 47.6 Å². The van der Waals surface area contributed by atoms with Gasteiger partial charge in [0.1, 0.15) is 5.41 Å². The monoisotopic (exact) mass is 226 g/mol. The van der Waals surface area contributed by atoms with E-state index >= 15 is 0 Å². The van der Waals surface area contributed by atoms with Gasteiger partial charge in [0.15, 0.2) is 0 Å². The van der Waals surface area contributed by atoms with Gasteiger partial charge in [0.05, 0.1) is 12.1 Å². The normalized spacial score (nSPS) is 10.6. The summed E-state index contributed by atoms with van der Waals surface area (Å²) < 4.78 is 0. The van der Waals surface area contributed by atoms with Crippen molar-refractivity contribution in [1.29, 1.82) is 10.5 Å². The lowest BCUT2D eigenvalue weighted by molar-refractivity contribution is 0.497. The molecule has 0 spiro atoms. The highest BCUT2D eigenvalue weighted by Gasteiger charge is 2.28. The van der Waals surface area contributed by atoms with E-state index in [1.165, 1.54) is 11.1 Å². The zero-order valence-electron chi connectivity index (χ0n) is 10.7. The minimum absolute atomic E-state index is 0.528. The molecule has 0 N–H and O–H groups in total. The van der Waals surface area contributed by atoms with E-state index in [-0.39, 0.29) is 0 Å². The summed E-state index contributed by atoms with van der Waals surface area (Å²) in [6, 6.07) is 10.6. The molecule has 0 unspecified atom stereocenters. The van der Waals surface area contributed by atoms with Crippen molar-refractivity contribution in [2.24, 2.45) is 5.41 Å². The maximum Gasteiger partial charge on any atom is 0.147 e. The van der Waals surface area contributed by atoms with Crippen molar-refractivity contribution in [3.05, 3.63) is 34.9 Å². The molecule has 17 heavy (non-hydrogen) atoms. The second kappa shape index (κ2) is 5.51. The molecule has 2 heteroatoms. The molecule has 0 fully saturated rings. The Kier molecular flexibility index (Phi) is 4.30. The molecule has 0 bridgehead atoms. The standard InChI is InChI=1S/C15H18N2/c1-4-13-8-12(3)6-7-14(13)9-15(5-2,10-16)11-17/h6-8H,4-5,9H2,1-3H3. The first-order valence-electron chi connectivity index (χ1n) is 6.01. The third kappa shape index (κ3) is 2.86. The van der Waals surface area contributed by atoms with Crippen LogP contribution in [-0.4, -0.2) is 0 Å². The van der Waals surface area contributed by atoms with Crippen LogP contribution in [0.25, 0.3) is 0 Å². The Balaban J connectivity index is 3.11. The second-order valence-electron chi connectivity index (χ2n) is 4.46. The van der Waals surface area contributed by atoms with Gasteiger partial charge >= 0.3 is 0 Å². The Morgan fingerprint density at radius 3 is 2.24 bits per heavy atom. The Hall–Kier alpha value is -1.80. The number of benzene rings is 1. The van der Waals surface area contributed by atoms with Crippen LogP contribution in [0.5, 0.6) is 0 Å². The first kappa shape index (κ1) is 13.3. The molecule has 0 saturated heterocycles. The molecule has 0 amide bonds. The first-order valence-corrected chi connectivity index (χ1v) is 6.01. The number of nitriles is 2. The quantitative estimate of drug-likeness (QED) is 0.788. The number of nitrogens with zero attached hydrogens (tertiary/aromatic N) is 2. The van der Waals surface area contributed by atoms with Crippen LogP contribution in [0.2, 0.25) is 0 Å². The smallest absolute Gasteiger partial charge is 0.147 e. The second-order valence-corrected chi connectivity index (χ2v) is 4.46. The molecule has 0 aliphatic heterocycles. The summed E-state index contributed by atoms with van der Waals surface area (Å²) in [6.45, 7) is 6.06. The van der Waals surface area contributed by atoms with Gasteiger partial charge < -0.3 is 0 Å². The minimum atomic E-state index is -0.876. The SMILES string of the molecule is CCc1cc(C)ccc1CC(C#N)(C#N)CC. The van der Waals surface area contributed by atoms with Gasteiger partial charge in [-0.05, 0) is 30.9 Å². The highest BCUT2D eigenvalue weighted by atomic mass is 14.4. The molecule has 0 aromatic heterocycles. The van der Waals surface area contributed by atoms with Crippen LogP contribution in [0, 0.1) is 35.0 Å².